The molecule has 156 valence electrons. The van der Waals surface area contributed by atoms with Crippen molar-refractivity contribution in [2.45, 2.75) is 6.04 Å². The summed E-state index contributed by atoms with van der Waals surface area (Å²) in [6, 6.07) is 15.5. The van der Waals surface area contributed by atoms with Crippen LogP contribution in [0.15, 0.2) is 76.8 Å². The van der Waals surface area contributed by atoms with Crippen molar-refractivity contribution in [2.75, 3.05) is 4.90 Å². The molecule has 4 rings (SSSR count). The Kier molecular flexibility index (Phi) is 5.88. The fourth-order valence-electron chi connectivity index (χ4n) is 3.46. The number of hydrogen-bond acceptors (Lipinski definition) is 3. The van der Waals surface area contributed by atoms with Gasteiger partial charge in [-0.25, -0.2) is 4.39 Å². The molecular weight excluding hydrogens is 508 g/mol. The number of carbonyl (C=O) groups excluding carboxylic acids is 2. The summed E-state index contributed by atoms with van der Waals surface area (Å²) in [4.78, 5) is 27.2. The van der Waals surface area contributed by atoms with Crippen LogP contribution in [0.5, 0.6) is 0 Å². The number of Topliss-reactive ketones (excluding diaryl/α,β-unsaturated/α-hetero) is 1. The molecule has 1 saturated heterocycles. The van der Waals surface area contributed by atoms with E-state index in [4.69, 9.17) is 23.2 Å². The lowest BCUT2D eigenvalue weighted by Crippen LogP contribution is -2.29. The van der Waals surface area contributed by atoms with Crippen LogP contribution >= 0.6 is 39.1 Å². The number of halogens is 4. The Morgan fingerprint density at radius 1 is 0.935 bits per heavy atom. The first-order valence-electron chi connectivity index (χ1n) is 9.05. The summed E-state index contributed by atoms with van der Waals surface area (Å²) < 4.78 is 14.3. The highest BCUT2D eigenvalue weighted by atomic mass is 79.9. The van der Waals surface area contributed by atoms with Gasteiger partial charge in [0.05, 0.1) is 21.7 Å². The van der Waals surface area contributed by atoms with Gasteiger partial charge in [0.25, 0.3) is 11.7 Å². The van der Waals surface area contributed by atoms with Crippen molar-refractivity contribution in [1.82, 2.24) is 0 Å². The summed E-state index contributed by atoms with van der Waals surface area (Å²) in [6.45, 7) is 0. The molecule has 1 amide bonds. The molecule has 3 aromatic rings. The first-order valence-corrected chi connectivity index (χ1v) is 10.6. The van der Waals surface area contributed by atoms with Crippen LogP contribution in [-0.2, 0) is 9.59 Å². The van der Waals surface area contributed by atoms with Gasteiger partial charge >= 0.3 is 0 Å². The predicted molar refractivity (Wildman–Crippen MR) is 122 cm³/mol. The van der Waals surface area contributed by atoms with Gasteiger partial charge in [-0.05, 0) is 54.1 Å². The molecule has 0 saturated carbocycles. The van der Waals surface area contributed by atoms with Crippen molar-refractivity contribution >= 4 is 62.3 Å². The normalized spacial score (nSPS) is 17.9. The molecule has 1 aliphatic rings. The van der Waals surface area contributed by atoms with Gasteiger partial charge in [0.15, 0.2) is 0 Å². The second-order valence-electron chi connectivity index (χ2n) is 6.83. The van der Waals surface area contributed by atoms with Gasteiger partial charge in [-0.15, -0.1) is 0 Å². The number of hydrogen-bond donors (Lipinski definition) is 1. The second-order valence-corrected chi connectivity index (χ2v) is 8.56. The molecule has 4 nitrogen and oxygen atoms in total. The Hall–Kier alpha value is -2.67. The van der Waals surface area contributed by atoms with Gasteiger partial charge in [-0.1, -0.05) is 57.3 Å². The third-order valence-corrected chi connectivity index (χ3v) is 6.19. The summed E-state index contributed by atoms with van der Waals surface area (Å²) in [5, 5.41) is 11.5. The molecule has 0 spiro atoms. The molecule has 1 heterocycles. The minimum atomic E-state index is -0.983. The predicted octanol–water partition coefficient (Wildman–Crippen LogP) is 6.52. The topological polar surface area (TPSA) is 57.6 Å². The smallest absolute Gasteiger partial charge is 0.300 e. The van der Waals surface area contributed by atoms with E-state index in [1.807, 2.05) is 0 Å². The largest absolute Gasteiger partial charge is 0.507 e. The number of nitrogens with zero attached hydrogens (tertiary/aromatic N) is 1. The van der Waals surface area contributed by atoms with E-state index in [9.17, 15) is 19.1 Å². The lowest BCUT2D eigenvalue weighted by atomic mass is 9.95. The van der Waals surface area contributed by atoms with E-state index in [2.05, 4.69) is 15.9 Å². The van der Waals surface area contributed by atoms with Crippen molar-refractivity contribution in [2.24, 2.45) is 0 Å². The molecule has 3 aromatic carbocycles. The average Bonchev–Trinajstić information content (AvgIpc) is 3.01. The summed E-state index contributed by atoms with van der Waals surface area (Å²) in [7, 11) is 0. The van der Waals surface area contributed by atoms with Crippen LogP contribution in [0, 0.1) is 5.82 Å². The third-order valence-electron chi connectivity index (χ3n) is 4.93. The standard InChI is InChI=1S/C23H13BrCl2FNO3/c24-14-4-1-12(2-5-14)21(29)19-20(13-3-10-17(25)18(26)11-13)28(23(31)22(19)30)16-8-6-15(27)7-9-16/h1-11,20,29H/b21-19-. The van der Waals surface area contributed by atoms with Crippen LogP contribution in [0.1, 0.15) is 17.2 Å². The molecule has 1 atom stereocenters. The maximum atomic E-state index is 13.5. The number of rotatable bonds is 3. The van der Waals surface area contributed by atoms with Crippen molar-refractivity contribution in [3.8, 4) is 0 Å². The van der Waals surface area contributed by atoms with E-state index < -0.39 is 23.5 Å². The molecule has 31 heavy (non-hydrogen) atoms. The number of aliphatic hydroxyl groups excluding tert-OH is 1. The zero-order chi connectivity index (χ0) is 22.3. The van der Waals surface area contributed by atoms with Crippen LogP contribution in [0.2, 0.25) is 10.0 Å². The molecule has 1 aliphatic heterocycles. The molecule has 0 bridgehead atoms. The molecule has 1 N–H and O–H groups in total. The van der Waals surface area contributed by atoms with Gasteiger partial charge in [0.1, 0.15) is 11.6 Å². The zero-order valence-electron chi connectivity index (χ0n) is 15.7. The van der Waals surface area contributed by atoms with E-state index >= 15 is 0 Å². The lowest BCUT2D eigenvalue weighted by molar-refractivity contribution is -0.132. The lowest BCUT2D eigenvalue weighted by Gasteiger charge is -2.25. The average molecular weight is 521 g/mol. The Morgan fingerprint density at radius 2 is 1.58 bits per heavy atom. The highest BCUT2D eigenvalue weighted by molar-refractivity contribution is 9.10. The molecule has 8 heteroatoms. The van der Waals surface area contributed by atoms with Crippen LogP contribution in [0.25, 0.3) is 5.76 Å². The number of aliphatic hydroxyl groups is 1. The molecule has 1 unspecified atom stereocenters. The Morgan fingerprint density at radius 3 is 2.19 bits per heavy atom. The van der Waals surface area contributed by atoms with Gasteiger partial charge in [0, 0.05) is 15.7 Å². The van der Waals surface area contributed by atoms with Crippen LogP contribution in [0.3, 0.4) is 0 Å². The fourth-order valence-corrected chi connectivity index (χ4v) is 4.03. The van der Waals surface area contributed by atoms with E-state index in [0.717, 1.165) is 4.47 Å². The van der Waals surface area contributed by atoms with Crippen molar-refractivity contribution in [3.63, 3.8) is 0 Å². The van der Waals surface area contributed by atoms with E-state index in [-0.39, 0.29) is 16.4 Å². The number of ketones is 1. The quantitative estimate of drug-likeness (QED) is 0.243. The summed E-state index contributed by atoms with van der Waals surface area (Å²) in [6.07, 6.45) is 0. The summed E-state index contributed by atoms with van der Waals surface area (Å²) in [5.41, 5.74) is 1.03. The molecule has 0 aliphatic carbocycles. The van der Waals surface area contributed by atoms with E-state index in [1.165, 1.54) is 35.2 Å². The van der Waals surface area contributed by atoms with Crippen molar-refractivity contribution in [3.05, 3.63) is 104 Å². The Balaban J connectivity index is 1.95. The van der Waals surface area contributed by atoms with Crippen LogP contribution < -0.4 is 4.90 Å². The Labute approximate surface area is 195 Å². The first kappa shape index (κ1) is 21.6. The summed E-state index contributed by atoms with van der Waals surface area (Å²) >= 11 is 15.5. The van der Waals surface area contributed by atoms with Gasteiger partial charge in [-0.3, -0.25) is 14.5 Å². The van der Waals surface area contributed by atoms with Crippen molar-refractivity contribution < 1.29 is 19.1 Å². The maximum absolute atomic E-state index is 13.5. The Bertz CT molecular complexity index is 1230. The number of benzene rings is 3. The maximum Gasteiger partial charge on any atom is 0.300 e. The van der Waals surface area contributed by atoms with E-state index in [0.29, 0.717) is 21.8 Å². The minimum absolute atomic E-state index is 0.102. The van der Waals surface area contributed by atoms with Crippen LogP contribution in [-0.4, -0.2) is 16.8 Å². The monoisotopic (exact) mass is 519 g/mol. The molecule has 0 aromatic heterocycles. The highest BCUT2D eigenvalue weighted by Gasteiger charge is 2.47. The molecular formula is C23H13BrCl2FNO3. The van der Waals surface area contributed by atoms with Gasteiger partial charge in [0.2, 0.25) is 0 Å². The number of carbonyl (C=O) groups is 2. The summed E-state index contributed by atoms with van der Waals surface area (Å²) in [5.74, 6) is -2.52. The van der Waals surface area contributed by atoms with Crippen LogP contribution in [0.4, 0.5) is 10.1 Å². The van der Waals surface area contributed by atoms with Gasteiger partial charge < -0.3 is 5.11 Å². The fraction of sp³-hybridized carbons (Fsp3) is 0.0435. The number of amides is 1. The van der Waals surface area contributed by atoms with E-state index in [1.54, 1.807) is 36.4 Å². The SMILES string of the molecule is O=C1C(=O)N(c2ccc(F)cc2)C(c2ccc(Cl)c(Cl)c2)/C1=C(/O)c1ccc(Br)cc1. The molecule has 0 radical (unpaired) electrons. The highest BCUT2D eigenvalue weighted by Crippen LogP contribution is 2.43. The zero-order valence-corrected chi connectivity index (χ0v) is 18.7. The third kappa shape index (κ3) is 3.99. The number of anilines is 1. The van der Waals surface area contributed by atoms with Gasteiger partial charge in [-0.2, -0.15) is 0 Å². The molecule has 1 fully saturated rings. The second kappa shape index (κ2) is 8.46. The first-order chi connectivity index (χ1) is 14.8. The minimum Gasteiger partial charge on any atom is -0.507 e. The van der Waals surface area contributed by atoms with Crippen molar-refractivity contribution in [1.29, 1.82) is 0 Å².